The van der Waals surface area contributed by atoms with Crippen molar-refractivity contribution in [1.29, 1.82) is 0 Å². The SMILES string of the molecule is C[C@@H](O)[C@@H]1NC(=O)C(NC(=O)OC(C)(C)C)C[C@@H](O)CNC(=O)[C@@H]2[C@@H](O)[C@@H](C)CN2C(=O)[C@H]([C@H](O)CCNC(=O)OCc2ccccc2)NC(=O)[C@H]([C@H](O)Cc2ccc(OCc3ccccc3)c(OCCBr)c2)NC(=O)[C@@H]2C[C@@H](O)CN2C1=O. The van der Waals surface area contributed by atoms with E-state index in [0.717, 1.165) is 22.3 Å². The summed E-state index contributed by atoms with van der Waals surface area (Å²) in [5.74, 6) is -7.12. The summed E-state index contributed by atoms with van der Waals surface area (Å²) >= 11 is 3.35. The van der Waals surface area contributed by atoms with E-state index in [4.69, 9.17) is 18.9 Å². The van der Waals surface area contributed by atoms with Crippen LogP contribution in [0.5, 0.6) is 11.5 Å². The summed E-state index contributed by atoms with van der Waals surface area (Å²) in [5.41, 5.74) is 0.779. The van der Waals surface area contributed by atoms with E-state index in [1.165, 1.54) is 6.92 Å². The third-order valence-corrected chi connectivity index (χ3v) is 14.4. The molecule has 3 fully saturated rings. The molecule has 3 aromatic rings. The van der Waals surface area contributed by atoms with Crippen molar-refractivity contribution in [2.75, 3.05) is 38.1 Å². The van der Waals surface area contributed by atoms with Crippen LogP contribution >= 0.6 is 15.9 Å². The second kappa shape index (κ2) is 30.6. The smallest absolute Gasteiger partial charge is 0.408 e. The molecule has 1 unspecified atom stereocenters. The van der Waals surface area contributed by atoms with Crippen molar-refractivity contribution in [2.24, 2.45) is 5.92 Å². The van der Waals surface area contributed by atoms with Crippen LogP contribution in [0.2, 0.25) is 0 Å². The Kier molecular flexibility index (Phi) is 24.0. The van der Waals surface area contributed by atoms with Crippen LogP contribution in [0, 0.1) is 5.92 Å². The summed E-state index contributed by atoms with van der Waals surface area (Å²) in [6.45, 7) is 5.62. The Morgan fingerprint density at radius 2 is 1.33 bits per heavy atom. The van der Waals surface area contributed by atoms with Gasteiger partial charge in [-0.3, -0.25) is 28.8 Å². The average molecular weight is 1240 g/mol. The highest BCUT2D eigenvalue weighted by atomic mass is 79.9. The number of hydrogen-bond donors (Lipinski definition) is 12. The van der Waals surface area contributed by atoms with Gasteiger partial charge in [-0.05, 0) is 62.9 Å². The van der Waals surface area contributed by atoms with Gasteiger partial charge in [0.25, 0.3) is 0 Å². The van der Waals surface area contributed by atoms with Crippen LogP contribution in [0.15, 0.2) is 78.9 Å². The highest BCUT2D eigenvalue weighted by molar-refractivity contribution is 9.09. The van der Waals surface area contributed by atoms with Gasteiger partial charge in [0.05, 0.1) is 43.2 Å². The third-order valence-electron chi connectivity index (χ3n) is 14.1. The molecule has 3 aromatic carbocycles. The average Bonchev–Trinajstić information content (AvgIpc) is 4.15. The van der Waals surface area contributed by atoms with Gasteiger partial charge in [0.1, 0.15) is 55.1 Å². The fraction of sp³-hybridized carbons (Fsp3) is 0.544. The van der Waals surface area contributed by atoms with Crippen LogP contribution in [0.1, 0.15) is 70.6 Å². The zero-order chi connectivity index (χ0) is 61.4. The number of alkyl carbamates (subject to hydrolysis) is 2. The maximum Gasteiger partial charge on any atom is 0.408 e. The molecule has 26 nitrogen and oxygen atoms in total. The first-order valence-electron chi connectivity index (χ1n) is 27.6. The number of benzene rings is 3. The fourth-order valence-electron chi connectivity index (χ4n) is 9.79. The van der Waals surface area contributed by atoms with E-state index in [2.05, 4.69) is 47.8 Å². The van der Waals surface area contributed by atoms with Crippen LogP contribution in [0.25, 0.3) is 0 Å². The Labute approximate surface area is 494 Å². The second-order valence-corrected chi connectivity index (χ2v) is 22.8. The first-order valence-corrected chi connectivity index (χ1v) is 28.8. The van der Waals surface area contributed by atoms with Crippen molar-refractivity contribution in [3.63, 3.8) is 0 Å². The number of nitrogens with zero attached hydrogens (tertiary/aromatic N) is 2. The van der Waals surface area contributed by atoms with Crippen molar-refractivity contribution in [2.45, 2.75) is 152 Å². The molecule has 0 aliphatic carbocycles. The molecule has 0 aromatic heterocycles. The molecular formula is C57H77BrN8O18. The minimum absolute atomic E-state index is 0.111. The highest BCUT2D eigenvalue weighted by Crippen LogP contribution is 2.31. The summed E-state index contributed by atoms with van der Waals surface area (Å²) in [7, 11) is 0. The molecule has 27 heteroatoms. The first kappa shape index (κ1) is 66.0. The monoisotopic (exact) mass is 1240 g/mol. The molecule has 3 saturated heterocycles. The van der Waals surface area contributed by atoms with Crippen molar-refractivity contribution < 1.29 is 87.9 Å². The van der Waals surface area contributed by atoms with Crippen LogP contribution in [0.3, 0.4) is 0 Å². The van der Waals surface area contributed by atoms with Crippen molar-refractivity contribution in [3.8, 4) is 11.5 Å². The van der Waals surface area contributed by atoms with Crippen molar-refractivity contribution >= 4 is 63.6 Å². The lowest BCUT2D eigenvalue weighted by Crippen LogP contribution is -2.64. The summed E-state index contributed by atoms with van der Waals surface area (Å²) in [6, 6.07) is 11.5. The Hall–Kier alpha value is -7.14. The van der Waals surface area contributed by atoms with Gasteiger partial charge in [-0.15, -0.1) is 0 Å². The molecule has 84 heavy (non-hydrogen) atoms. The maximum atomic E-state index is 15.0. The van der Waals surface area contributed by atoms with Gasteiger partial charge in [-0.25, -0.2) is 9.59 Å². The lowest BCUT2D eigenvalue weighted by Gasteiger charge is -2.34. The normalized spacial score (nSPS) is 25.9. The molecule has 3 aliphatic heterocycles. The molecule has 8 amide bonds. The number of ether oxygens (including phenoxy) is 4. The molecule has 460 valence electrons. The van der Waals surface area contributed by atoms with Crippen LogP contribution in [-0.2, 0) is 57.9 Å². The topological polar surface area (TPSA) is 374 Å². The zero-order valence-corrected chi connectivity index (χ0v) is 48.9. The molecule has 0 radical (unpaired) electrons. The Balaban J connectivity index is 1.39. The van der Waals surface area contributed by atoms with E-state index < -0.39 is 171 Å². The number of carbonyl (C=O) groups excluding carboxylic acids is 8. The lowest BCUT2D eigenvalue weighted by atomic mass is 9.98. The van der Waals surface area contributed by atoms with Gasteiger partial charge in [0.15, 0.2) is 11.5 Å². The molecule has 0 bridgehead atoms. The maximum absolute atomic E-state index is 15.0. The van der Waals surface area contributed by atoms with Gasteiger partial charge in [0, 0.05) is 56.7 Å². The number of aliphatic hydroxyl groups is 6. The summed E-state index contributed by atoms with van der Waals surface area (Å²) in [5, 5.41) is 84.1. The lowest BCUT2D eigenvalue weighted by molar-refractivity contribution is -0.147. The van der Waals surface area contributed by atoms with Crippen molar-refractivity contribution in [3.05, 3.63) is 95.6 Å². The van der Waals surface area contributed by atoms with Gasteiger partial charge < -0.3 is 91.3 Å². The molecule has 0 saturated carbocycles. The minimum Gasteiger partial charge on any atom is -0.489 e. The molecule has 12 N–H and O–H groups in total. The van der Waals surface area contributed by atoms with Gasteiger partial charge in [0.2, 0.25) is 35.4 Å². The standard InChI is InChI=1S/C57H77BrN8O18/c1-31-27-66-47(48(31)72)52(76)60-26-36(68)24-38(61-56(80)84-57(3,4)5)49(73)62-44(32(2)67)53(77)65-28-37(69)25-39(65)50(74)63-45(41(71)22-35-16-17-42(43(23-35)81-21-19-58)82-29-33-12-8-6-9-13-33)51(75)64-46(54(66)78)40(70)18-20-59-55(79)83-30-34-14-10-7-11-15-34/h6-17,23,31-32,36-41,44-48,67-72H,18-22,24-30H2,1-5H3,(H,59,79)(H,60,76)(H,61,80)(H,62,73)(H,63,74)(H,64,75)/t31-,32+,36+,37+,38?,39-,40+,41+,44-,45-,46-,47-,48-/m0/s1. The number of β-amino-alcohol motifs (C(OH)–C–C–N with tert-alkyl or cyclic N) is 1. The Morgan fingerprint density at radius 1 is 0.702 bits per heavy atom. The Bertz CT molecular complexity index is 2740. The van der Waals surface area contributed by atoms with E-state index in [0.29, 0.717) is 22.2 Å². The van der Waals surface area contributed by atoms with Gasteiger partial charge >= 0.3 is 12.2 Å². The molecule has 3 aliphatic rings. The van der Waals surface area contributed by atoms with Crippen LogP contribution in [-0.4, -0.2) is 205 Å². The fourth-order valence-corrected chi connectivity index (χ4v) is 9.95. The third kappa shape index (κ3) is 18.7. The van der Waals surface area contributed by atoms with Gasteiger partial charge in [-0.1, -0.05) is 89.6 Å². The second-order valence-electron chi connectivity index (χ2n) is 22.0. The van der Waals surface area contributed by atoms with E-state index in [1.807, 2.05) is 30.3 Å². The van der Waals surface area contributed by atoms with Crippen LogP contribution in [0.4, 0.5) is 9.59 Å². The quantitative estimate of drug-likeness (QED) is 0.0751. The zero-order valence-electron chi connectivity index (χ0n) is 47.4. The molecule has 6 rings (SSSR count). The number of amides is 8. The van der Waals surface area contributed by atoms with Crippen molar-refractivity contribution in [1.82, 2.24) is 41.7 Å². The van der Waals surface area contributed by atoms with Crippen LogP contribution < -0.4 is 41.4 Å². The van der Waals surface area contributed by atoms with E-state index in [1.54, 1.807) is 69.3 Å². The summed E-state index contributed by atoms with van der Waals surface area (Å²) in [4.78, 5) is 115. The van der Waals surface area contributed by atoms with E-state index in [-0.39, 0.29) is 38.7 Å². The van der Waals surface area contributed by atoms with E-state index >= 15 is 9.59 Å². The van der Waals surface area contributed by atoms with E-state index in [9.17, 15) is 59.4 Å². The molecule has 0 spiro atoms. The first-order chi connectivity index (χ1) is 39.8. The summed E-state index contributed by atoms with van der Waals surface area (Å²) in [6.07, 6.45) is -14.3. The van der Waals surface area contributed by atoms with Gasteiger partial charge in [-0.2, -0.15) is 0 Å². The Morgan fingerprint density at radius 3 is 1.98 bits per heavy atom. The number of rotatable bonds is 17. The minimum atomic E-state index is -2.08. The number of alkyl halides is 1. The number of carbonyl (C=O) groups is 8. The predicted octanol–water partition coefficient (Wildman–Crippen LogP) is -0.601. The number of halogens is 1. The number of nitrogens with one attached hydrogen (secondary N) is 6. The molecular weight excluding hydrogens is 1160 g/mol. The number of fused-ring (bicyclic) bond motifs is 2. The highest BCUT2D eigenvalue weighted by Gasteiger charge is 2.50. The largest absolute Gasteiger partial charge is 0.489 e. The number of hydrogen-bond acceptors (Lipinski definition) is 18. The molecule has 13 atom stereocenters. The summed E-state index contributed by atoms with van der Waals surface area (Å²) < 4.78 is 22.7. The molecule has 3 heterocycles. The number of aliphatic hydroxyl groups excluding tert-OH is 6. The predicted molar refractivity (Wildman–Crippen MR) is 303 cm³/mol.